The zero-order chi connectivity index (χ0) is 6.91. The molecule has 1 aliphatic carbocycles. The fourth-order valence-electron chi connectivity index (χ4n) is 1.09. The van der Waals surface area contributed by atoms with Gasteiger partial charge in [0.15, 0.2) is 0 Å². The highest BCUT2D eigenvalue weighted by molar-refractivity contribution is 5.74. The Morgan fingerprint density at radius 2 is 2.22 bits per heavy atom. The maximum atomic E-state index is 10.5. The lowest BCUT2D eigenvalue weighted by atomic mass is 10.2. The fraction of sp³-hybridized carbons (Fsp3) is 0.857. The molecule has 0 heterocycles. The number of hydrogen-bond acceptors (Lipinski definition) is 1. The summed E-state index contributed by atoms with van der Waals surface area (Å²) in [7, 11) is 0. The predicted molar refractivity (Wildman–Crippen MR) is 36.1 cm³/mol. The van der Waals surface area contributed by atoms with Gasteiger partial charge in [-0.15, -0.1) is 0 Å². The van der Waals surface area contributed by atoms with Crippen molar-refractivity contribution in [1.29, 1.82) is 0 Å². The second kappa shape index (κ2) is 2.01. The van der Waals surface area contributed by atoms with Crippen LogP contribution in [0.15, 0.2) is 0 Å². The summed E-state index contributed by atoms with van der Waals surface area (Å²) < 4.78 is 0. The van der Waals surface area contributed by atoms with Crippen LogP contribution in [0.4, 0.5) is 0 Å². The number of hydrogen-bond donors (Lipinski definition) is 1. The molecular weight excluding hydrogens is 114 g/mol. The molecule has 0 saturated heterocycles. The van der Waals surface area contributed by atoms with Crippen molar-refractivity contribution in [2.45, 2.75) is 38.6 Å². The van der Waals surface area contributed by atoms with Crippen molar-refractivity contribution in [2.24, 2.45) is 0 Å². The van der Waals surface area contributed by atoms with Crippen molar-refractivity contribution in [1.82, 2.24) is 5.32 Å². The van der Waals surface area contributed by atoms with Gasteiger partial charge in [0.1, 0.15) is 0 Å². The average Bonchev–Trinajstić information content (AvgIpc) is 2.48. The van der Waals surface area contributed by atoms with Gasteiger partial charge in [-0.1, -0.05) is 6.92 Å². The minimum absolute atomic E-state index is 0.106. The molecule has 0 unspecified atom stereocenters. The number of amides is 1. The molecular formula is C7H13NO. The van der Waals surface area contributed by atoms with Crippen LogP contribution < -0.4 is 5.32 Å². The Labute approximate surface area is 55.6 Å². The Balaban J connectivity index is 2.33. The third-order valence-corrected chi connectivity index (χ3v) is 1.97. The minimum Gasteiger partial charge on any atom is -0.351 e. The average molecular weight is 127 g/mol. The molecule has 52 valence electrons. The highest BCUT2D eigenvalue weighted by Gasteiger charge is 2.41. The molecule has 0 spiro atoms. The Morgan fingerprint density at radius 1 is 1.67 bits per heavy atom. The molecule has 0 aromatic heterocycles. The molecule has 1 rings (SSSR count). The van der Waals surface area contributed by atoms with Crippen LogP contribution in [0.3, 0.4) is 0 Å². The van der Waals surface area contributed by atoms with Gasteiger partial charge >= 0.3 is 0 Å². The van der Waals surface area contributed by atoms with Gasteiger partial charge in [-0.2, -0.15) is 0 Å². The lowest BCUT2D eigenvalue weighted by molar-refractivity contribution is -0.119. The molecule has 0 atom stereocenters. The van der Waals surface area contributed by atoms with Crippen molar-refractivity contribution in [3.63, 3.8) is 0 Å². The first-order valence-electron chi connectivity index (χ1n) is 3.47. The maximum Gasteiger partial charge on any atom is 0.217 e. The van der Waals surface area contributed by atoms with E-state index in [1.807, 2.05) is 0 Å². The van der Waals surface area contributed by atoms with Crippen LogP contribution in [-0.4, -0.2) is 11.4 Å². The zero-order valence-electron chi connectivity index (χ0n) is 6.03. The molecule has 0 bridgehead atoms. The summed E-state index contributed by atoms with van der Waals surface area (Å²) in [5, 5.41) is 2.94. The van der Waals surface area contributed by atoms with Gasteiger partial charge in [0.05, 0.1) is 0 Å². The van der Waals surface area contributed by atoms with E-state index in [0.717, 1.165) is 6.42 Å². The molecule has 0 aromatic carbocycles. The van der Waals surface area contributed by atoms with Gasteiger partial charge in [-0.25, -0.2) is 0 Å². The van der Waals surface area contributed by atoms with Gasteiger partial charge in [0.2, 0.25) is 5.91 Å². The fourth-order valence-corrected chi connectivity index (χ4v) is 1.09. The van der Waals surface area contributed by atoms with Crippen molar-refractivity contribution < 1.29 is 4.79 Å². The Bertz CT molecular complexity index is 127. The standard InChI is InChI=1S/C7H13NO/c1-3-7(4-5-7)8-6(2)9/h3-5H2,1-2H3,(H,8,9). The van der Waals surface area contributed by atoms with Crippen LogP contribution in [-0.2, 0) is 4.79 Å². The summed E-state index contributed by atoms with van der Waals surface area (Å²) in [6.07, 6.45) is 3.42. The lowest BCUT2D eigenvalue weighted by Gasteiger charge is -2.11. The second-order valence-corrected chi connectivity index (χ2v) is 2.82. The minimum atomic E-state index is 0.106. The van der Waals surface area contributed by atoms with Crippen LogP contribution in [0.1, 0.15) is 33.1 Å². The van der Waals surface area contributed by atoms with Crippen LogP contribution in [0.25, 0.3) is 0 Å². The Hall–Kier alpha value is -0.530. The molecule has 1 aliphatic rings. The van der Waals surface area contributed by atoms with E-state index in [4.69, 9.17) is 0 Å². The first-order chi connectivity index (χ1) is 4.18. The quantitative estimate of drug-likeness (QED) is 0.590. The summed E-state index contributed by atoms with van der Waals surface area (Å²) in [5.41, 5.74) is 0.214. The number of carbonyl (C=O) groups excluding carboxylic acids is 1. The SMILES string of the molecule is CCC1(NC(C)=O)CC1. The van der Waals surface area contributed by atoms with E-state index >= 15 is 0 Å². The van der Waals surface area contributed by atoms with E-state index < -0.39 is 0 Å². The summed E-state index contributed by atoms with van der Waals surface area (Å²) in [5.74, 6) is 0.106. The Kier molecular flexibility index (Phi) is 1.47. The molecule has 1 saturated carbocycles. The zero-order valence-corrected chi connectivity index (χ0v) is 6.03. The van der Waals surface area contributed by atoms with Crippen molar-refractivity contribution in [2.75, 3.05) is 0 Å². The maximum absolute atomic E-state index is 10.5. The highest BCUT2D eigenvalue weighted by Crippen LogP contribution is 2.37. The second-order valence-electron chi connectivity index (χ2n) is 2.82. The van der Waals surface area contributed by atoms with Gasteiger partial charge in [-0.3, -0.25) is 4.79 Å². The van der Waals surface area contributed by atoms with Crippen LogP contribution in [0.2, 0.25) is 0 Å². The first kappa shape index (κ1) is 6.59. The Morgan fingerprint density at radius 3 is 2.33 bits per heavy atom. The number of rotatable bonds is 2. The third kappa shape index (κ3) is 1.44. The van der Waals surface area contributed by atoms with Gasteiger partial charge in [0, 0.05) is 12.5 Å². The summed E-state index contributed by atoms with van der Waals surface area (Å²) in [6, 6.07) is 0. The van der Waals surface area contributed by atoms with Crippen molar-refractivity contribution >= 4 is 5.91 Å². The first-order valence-corrected chi connectivity index (χ1v) is 3.47. The van der Waals surface area contributed by atoms with E-state index in [0.29, 0.717) is 0 Å². The predicted octanol–water partition coefficient (Wildman–Crippen LogP) is 1.07. The molecule has 2 heteroatoms. The largest absolute Gasteiger partial charge is 0.351 e. The third-order valence-electron chi connectivity index (χ3n) is 1.97. The highest BCUT2D eigenvalue weighted by atomic mass is 16.1. The monoisotopic (exact) mass is 127 g/mol. The molecule has 0 aromatic rings. The molecule has 0 radical (unpaired) electrons. The van der Waals surface area contributed by atoms with Gasteiger partial charge in [0.25, 0.3) is 0 Å². The molecule has 0 aliphatic heterocycles. The van der Waals surface area contributed by atoms with E-state index in [1.54, 1.807) is 6.92 Å². The molecule has 1 amide bonds. The smallest absolute Gasteiger partial charge is 0.217 e. The summed E-state index contributed by atoms with van der Waals surface area (Å²) in [4.78, 5) is 10.5. The summed E-state index contributed by atoms with van der Waals surface area (Å²) >= 11 is 0. The van der Waals surface area contributed by atoms with E-state index in [1.165, 1.54) is 12.8 Å². The van der Waals surface area contributed by atoms with Crippen molar-refractivity contribution in [3.05, 3.63) is 0 Å². The van der Waals surface area contributed by atoms with E-state index in [2.05, 4.69) is 12.2 Å². The van der Waals surface area contributed by atoms with E-state index in [-0.39, 0.29) is 11.4 Å². The number of carbonyl (C=O) groups is 1. The van der Waals surface area contributed by atoms with Crippen LogP contribution >= 0.6 is 0 Å². The van der Waals surface area contributed by atoms with Gasteiger partial charge < -0.3 is 5.32 Å². The van der Waals surface area contributed by atoms with Gasteiger partial charge in [-0.05, 0) is 19.3 Å². The van der Waals surface area contributed by atoms with Crippen LogP contribution in [0.5, 0.6) is 0 Å². The molecule has 1 fully saturated rings. The molecule has 1 N–H and O–H groups in total. The normalized spacial score (nSPS) is 21.1. The molecule has 2 nitrogen and oxygen atoms in total. The molecule has 9 heavy (non-hydrogen) atoms. The topological polar surface area (TPSA) is 29.1 Å². The lowest BCUT2D eigenvalue weighted by Crippen LogP contribution is -2.34. The number of nitrogens with one attached hydrogen (secondary N) is 1. The van der Waals surface area contributed by atoms with Crippen molar-refractivity contribution in [3.8, 4) is 0 Å². The summed E-state index contributed by atoms with van der Waals surface area (Å²) in [6.45, 7) is 3.69. The van der Waals surface area contributed by atoms with Crippen LogP contribution in [0, 0.1) is 0 Å². The van der Waals surface area contributed by atoms with E-state index in [9.17, 15) is 4.79 Å².